The third-order valence-electron chi connectivity index (χ3n) is 6.65. The molecule has 0 radical (unpaired) electrons. The Kier molecular flexibility index (Phi) is 5.99. The lowest BCUT2D eigenvalue weighted by Gasteiger charge is -2.34. The van der Waals surface area contributed by atoms with Gasteiger partial charge in [0.2, 0.25) is 5.91 Å². The summed E-state index contributed by atoms with van der Waals surface area (Å²) in [7, 11) is 0. The van der Waals surface area contributed by atoms with Crippen LogP contribution in [0, 0.1) is 11.8 Å². The highest BCUT2D eigenvalue weighted by Crippen LogP contribution is 2.35. The van der Waals surface area contributed by atoms with Crippen LogP contribution in [0.2, 0.25) is 0 Å². The van der Waals surface area contributed by atoms with Crippen molar-refractivity contribution < 1.29 is 14.1 Å². The Labute approximate surface area is 166 Å². The summed E-state index contributed by atoms with van der Waals surface area (Å²) in [6.45, 7) is 5.75. The Morgan fingerprint density at radius 2 is 1.89 bits per heavy atom. The van der Waals surface area contributed by atoms with Gasteiger partial charge in [0.25, 0.3) is 5.91 Å². The van der Waals surface area contributed by atoms with Gasteiger partial charge in [0, 0.05) is 50.7 Å². The molecule has 1 aromatic rings. The van der Waals surface area contributed by atoms with E-state index >= 15 is 0 Å². The van der Waals surface area contributed by atoms with Gasteiger partial charge in [0.15, 0.2) is 5.69 Å². The molecule has 0 spiro atoms. The summed E-state index contributed by atoms with van der Waals surface area (Å²) in [5.41, 5.74) is 0.317. The van der Waals surface area contributed by atoms with Gasteiger partial charge < -0.3 is 14.7 Å². The van der Waals surface area contributed by atoms with Gasteiger partial charge >= 0.3 is 0 Å². The van der Waals surface area contributed by atoms with Gasteiger partial charge in [0.1, 0.15) is 6.26 Å². The van der Waals surface area contributed by atoms with Crippen molar-refractivity contribution in [3.63, 3.8) is 0 Å². The smallest absolute Gasteiger partial charge is 0.273 e. The number of nitrogens with one attached hydrogen (secondary N) is 1. The number of piperidine rings is 1. The third-order valence-corrected chi connectivity index (χ3v) is 6.65. The SMILES string of the molecule is CC1CCN(C(=O)C[C@H]2CC[C@@H](CNC(=O)c3ccon3)N2CC2CC2)CC1. The quantitative estimate of drug-likeness (QED) is 0.775. The van der Waals surface area contributed by atoms with Crippen molar-refractivity contribution in [2.75, 3.05) is 26.2 Å². The van der Waals surface area contributed by atoms with E-state index in [0.717, 1.165) is 57.2 Å². The number of carbonyl (C=O) groups is 2. The molecule has 1 saturated carbocycles. The van der Waals surface area contributed by atoms with Crippen molar-refractivity contribution in [2.45, 2.75) is 64.0 Å². The highest BCUT2D eigenvalue weighted by molar-refractivity contribution is 5.91. The first-order valence-electron chi connectivity index (χ1n) is 10.8. The van der Waals surface area contributed by atoms with E-state index in [4.69, 9.17) is 4.52 Å². The second kappa shape index (κ2) is 8.64. The molecule has 154 valence electrons. The monoisotopic (exact) mass is 388 g/mol. The largest absolute Gasteiger partial charge is 0.364 e. The first-order chi connectivity index (χ1) is 13.6. The predicted molar refractivity (Wildman–Crippen MR) is 105 cm³/mol. The Morgan fingerprint density at radius 1 is 1.14 bits per heavy atom. The molecule has 3 aliphatic rings. The topological polar surface area (TPSA) is 78.7 Å². The molecule has 2 aliphatic heterocycles. The van der Waals surface area contributed by atoms with Gasteiger partial charge in [-0.25, -0.2) is 0 Å². The Bertz CT molecular complexity index is 665. The highest BCUT2D eigenvalue weighted by Gasteiger charge is 2.38. The number of hydrogen-bond donors (Lipinski definition) is 1. The minimum atomic E-state index is -0.193. The lowest BCUT2D eigenvalue weighted by molar-refractivity contribution is -0.133. The maximum Gasteiger partial charge on any atom is 0.273 e. The van der Waals surface area contributed by atoms with E-state index in [9.17, 15) is 9.59 Å². The standard InChI is InChI=1S/C21H32N4O3/c1-15-6-9-24(10-7-15)20(26)12-17-4-5-18(25(17)14-16-2-3-16)13-22-21(27)19-8-11-28-23-19/h8,11,15-18H,2-7,9-10,12-14H2,1H3,(H,22,27)/t17-,18+/m1/s1. The van der Waals surface area contributed by atoms with Crippen LogP contribution in [0.4, 0.5) is 0 Å². The molecule has 1 N–H and O–H groups in total. The minimum absolute atomic E-state index is 0.193. The molecule has 4 rings (SSSR count). The average molecular weight is 389 g/mol. The average Bonchev–Trinajstić information content (AvgIpc) is 3.19. The number of hydrogen-bond acceptors (Lipinski definition) is 5. The summed E-state index contributed by atoms with van der Waals surface area (Å²) >= 11 is 0. The van der Waals surface area contributed by atoms with Crippen molar-refractivity contribution in [1.82, 2.24) is 20.3 Å². The van der Waals surface area contributed by atoms with Crippen LogP contribution in [-0.4, -0.2) is 65.0 Å². The summed E-state index contributed by atoms with van der Waals surface area (Å²) in [6, 6.07) is 2.18. The van der Waals surface area contributed by atoms with Crippen molar-refractivity contribution in [3.05, 3.63) is 18.0 Å². The number of nitrogens with zero attached hydrogens (tertiary/aromatic N) is 3. The molecule has 1 aromatic heterocycles. The Hall–Kier alpha value is -1.89. The van der Waals surface area contributed by atoms with Gasteiger partial charge in [-0.1, -0.05) is 12.1 Å². The van der Waals surface area contributed by atoms with Crippen LogP contribution >= 0.6 is 0 Å². The van der Waals surface area contributed by atoms with Crippen LogP contribution in [0.25, 0.3) is 0 Å². The molecule has 2 saturated heterocycles. The first kappa shape index (κ1) is 19.4. The lowest BCUT2D eigenvalue weighted by Crippen LogP contribution is -2.46. The van der Waals surface area contributed by atoms with Gasteiger partial charge in [-0.3, -0.25) is 14.5 Å². The zero-order valence-electron chi connectivity index (χ0n) is 16.8. The van der Waals surface area contributed by atoms with E-state index in [2.05, 4.69) is 27.2 Å². The fourth-order valence-electron chi connectivity index (χ4n) is 4.57. The molecule has 2 atom stereocenters. The fraction of sp³-hybridized carbons (Fsp3) is 0.762. The van der Waals surface area contributed by atoms with Crippen molar-refractivity contribution >= 4 is 11.8 Å². The van der Waals surface area contributed by atoms with Crippen LogP contribution in [-0.2, 0) is 4.79 Å². The Balaban J connectivity index is 1.32. The summed E-state index contributed by atoms with van der Waals surface area (Å²) in [5.74, 6) is 1.62. The number of amides is 2. The summed E-state index contributed by atoms with van der Waals surface area (Å²) < 4.78 is 4.75. The zero-order chi connectivity index (χ0) is 19.5. The van der Waals surface area contributed by atoms with Gasteiger partial charge in [0.05, 0.1) is 0 Å². The summed E-state index contributed by atoms with van der Waals surface area (Å²) in [4.78, 5) is 29.6. The first-order valence-corrected chi connectivity index (χ1v) is 10.8. The Morgan fingerprint density at radius 3 is 2.57 bits per heavy atom. The second-order valence-corrected chi connectivity index (χ2v) is 8.89. The minimum Gasteiger partial charge on any atom is -0.364 e. The van der Waals surface area contributed by atoms with Gasteiger partial charge in [-0.2, -0.15) is 0 Å². The van der Waals surface area contributed by atoms with Crippen LogP contribution < -0.4 is 5.32 Å². The van der Waals surface area contributed by atoms with Gasteiger partial charge in [-0.15, -0.1) is 0 Å². The third kappa shape index (κ3) is 4.74. The molecule has 1 aliphatic carbocycles. The lowest BCUT2D eigenvalue weighted by atomic mass is 9.98. The van der Waals surface area contributed by atoms with E-state index in [1.54, 1.807) is 6.07 Å². The number of aromatic nitrogens is 1. The molecule has 2 amide bonds. The van der Waals surface area contributed by atoms with E-state index in [1.165, 1.54) is 19.1 Å². The number of carbonyl (C=O) groups excluding carboxylic acids is 2. The second-order valence-electron chi connectivity index (χ2n) is 8.89. The van der Waals surface area contributed by atoms with E-state index in [-0.39, 0.29) is 5.91 Å². The van der Waals surface area contributed by atoms with Gasteiger partial charge in [-0.05, 0) is 50.4 Å². The molecule has 28 heavy (non-hydrogen) atoms. The molecule has 0 bridgehead atoms. The normalized spacial score (nSPS) is 26.5. The van der Waals surface area contributed by atoms with Crippen molar-refractivity contribution in [3.8, 4) is 0 Å². The van der Waals surface area contributed by atoms with E-state index in [0.29, 0.717) is 36.7 Å². The molecule has 3 heterocycles. The maximum absolute atomic E-state index is 12.8. The van der Waals surface area contributed by atoms with Crippen LogP contribution in [0.1, 0.15) is 62.4 Å². The molecule has 0 unspecified atom stereocenters. The highest BCUT2D eigenvalue weighted by atomic mass is 16.5. The molecular weight excluding hydrogens is 356 g/mol. The molecule has 7 heteroatoms. The van der Waals surface area contributed by atoms with Crippen molar-refractivity contribution in [2.24, 2.45) is 11.8 Å². The molecule has 7 nitrogen and oxygen atoms in total. The van der Waals surface area contributed by atoms with E-state index in [1.807, 2.05) is 0 Å². The zero-order valence-corrected chi connectivity index (χ0v) is 16.8. The summed E-state index contributed by atoms with van der Waals surface area (Å²) in [5, 5.41) is 6.69. The number of likely N-dealkylation sites (tertiary alicyclic amines) is 2. The van der Waals surface area contributed by atoms with E-state index < -0.39 is 0 Å². The van der Waals surface area contributed by atoms with Crippen LogP contribution in [0.3, 0.4) is 0 Å². The number of rotatable bonds is 7. The van der Waals surface area contributed by atoms with Crippen molar-refractivity contribution in [1.29, 1.82) is 0 Å². The summed E-state index contributed by atoms with van der Waals surface area (Å²) in [6.07, 6.45) is 8.92. The molecule has 0 aromatic carbocycles. The molecular formula is C21H32N4O3. The fourth-order valence-corrected chi connectivity index (χ4v) is 4.57. The molecule has 3 fully saturated rings. The predicted octanol–water partition coefficient (Wildman–Crippen LogP) is 2.30. The maximum atomic E-state index is 12.8. The van der Waals surface area contributed by atoms with Crippen LogP contribution in [0.15, 0.2) is 16.9 Å². The van der Waals surface area contributed by atoms with Crippen LogP contribution in [0.5, 0.6) is 0 Å².